The largest absolute Gasteiger partial charge is 0.493 e. The molecule has 2 amide bonds. The predicted molar refractivity (Wildman–Crippen MR) is 93.1 cm³/mol. The minimum absolute atomic E-state index is 0.312. The van der Waals surface area contributed by atoms with Crippen LogP contribution in [0.15, 0.2) is 36.4 Å². The van der Waals surface area contributed by atoms with Gasteiger partial charge in [-0.15, -0.1) is 0 Å². The van der Waals surface area contributed by atoms with Crippen molar-refractivity contribution in [2.45, 2.75) is 13.5 Å². The molecule has 0 spiro atoms. The molecule has 0 aliphatic carbocycles. The van der Waals surface area contributed by atoms with Crippen LogP contribution in [0.5, 0.6) is 17.2 Å². The lowest BCUT2D eigenvalue weighted by atomic mass is 10.1. The van der Waals surface area contributed by atoms with E-state index < -0.39 is 0 Å². The van der Waals surface area contributed by atoms with Crippen LogP contribution in [0.2, 0.25) is 0 Å². The first-order valence-corrected chi connectivity index (χ1v) is 7.48. The molecule has 0 aromatic heterocycles. The number of carbonyl (C=O) groups excluding carboxylic acids is 1. The number of urea groups is 1. The lowest BCUT2D eigenvalue weighted by Gasteiger charge is -2.15. The molecule has 0 aliphatic heterocycles. The van der Waals surface area contributed by atoms with Crippen molar-refractivity contribution in [2.24, 2.45) is 0 Å². The Morgan fingerprint density at radius 1 is 1.00 bits per heavy atom. The second kappa shape index (κ2) is 8.10. The van der Waals surface area contributed by atoms with Crippen LogP contribution < -0.4 is 24.8 Å². The van der Waals surface area contributed by atoms with E-state index in [1.807, 2.05) is 31.2 Å². The molecule has 128 valence electrons. The highest BCUT2D eigenvalue weighted by molar-refractivity contribution is 5.90. The van der Waals surface area contributed by atoms with E-state index in [9.17, 15) is 4.79 Å². The molecule has 0 atom stereocenters. The van der Waals surface area contributed by atoms with Crippen molar-refractivity contribution in [2.75, 3.05) is 26.6 Å². The number of ether oxygens (including phenoxy) is 3. The Hall–Kier alpha value is -2.89. The molecule has 2 rings (SSSR count). The fraction of sp³-hybridized carbons (Fsp3) is 0.278. The van der Waals surface area contributed by atoms with Crippen molar-refractivity contribution in [3.8, 4) is 17.2 Å². The predicted octanol–water partition coefficient (Wildman–Crippen LogP) is 3.34. The number of nitrogens with one attached hydrogen (secondary N) is 2. The number of benzene rings is 2. The number of amides is 2. The first-order chi connectivity index (χ1) is 11.6. The monoisotopic (exact) mass is 330 g/mol. The van der Waals surface area contributed by atoms with Gasteiger partial charge in [-0.3, -0.25) is 0 Å². The van der Waals surface area contributed by atoms with Crippen LogP contribution in [-0.2, 0) is 6.54 Å². The van der Waals surface area contributed by atoms with Crippen LogP contribution in [0, 0.1) is 6.92 Å². The van der Waals surface area contributed by atoms with Crippen LogP contribution in [-0.4, -0.2) is 27.4 Å². The number of carbonyl (C=O) groups is 1. The number of anilines is 1. The Morgan fingerprint density at radius 2 is 1.62 bits per heavy atom. The van der Waals surface area contributed by atoms with Crippen molar-refractivity contribution >= 4 is 11.7 Å². The van der Waals surface area contributed by atoms with Crippen molar-refractivity contribution in [1.82, 2.24) is 5.32 Å². The molecule has 6 nitrogen and oxygen atoms in total. The normalized spacial score (nSPS) is 10.0. The molecule has 0 bridgehead atoms. The lowest BCUT2D eigenvalue weighted by Crippen LogP contribution is -2.28. The maximum Gasteiger partial charge on any atom is 0.319 e. The van der Waals surface area contributed by atoms with Gasteiger partial charge in [-0.2, -0.15) is 0 Å². The highest BCUT2D eigenvalue weighted by Crippen LogP contribution is 2.39. The molecule has 2 aromatic carbocycles. The smallest absolute Gasteiger partial charge is 0.319 e. The van der Waals surface area contributed by atoms with E-state index in [1.165, 1.54) is 21.3 Å². The van der Waals surface area contributed by atoms with Gasteiger partial charge in [-0.1, -0.05) is 24.3 Å². The zero-order valence-electron chi connectivity index (χ0n) is 14.3. The summed E-state index contributed by atoms with van der Waals surface area (Å²) in [5.41, 5.74) is 2.75. The molecule has 0 aliphatic rings. The zero-order valence-corrected chi connectivity index (χ0v) is 14.3. The second-order valence-electron chi connectivity index (χ2n) is 5.15. The molecule has 6 heteroatoms. The van der Waals surface area contributed by atoms with Gasteiger partial charge in [0.1, 0.15) is 0 Å². The minimum atomic E-state index is -0.312. The summed E-state index contributed by atoms with van der Waals surface area (Å²) in [6, 6.07) is 10.9. The number of hydrogen-bond acceptors (Lipinski definition) is 4. The number of methoxy groups -OCH3 is 3. The summed E-state index contributed by atoms with van der Waals surface area (Å²) in [4.78, 5) is 12.1. The third-order valence-electron chi connectivity index (χ3n) is 3.62. The summed E-state index contributed by atoms with van der Waals surface area (Å²) >= 11 is 0. The zero-order chi connectivity index (χ0) is 17.5. The van der Waals surface area contributed by atoms with Crippen molar-refractivity contribution in [3.63, 3.8) is 0 Å². The first kappa shape index (κ1) is 17.5. The Bertz CT molecular complexity index is 691. The quantitative estimate of drug-likeness (QED) is 0.852. The summed E-state index contributed by atoms with van der Waals surface area (Å²) in [5, 5.41) is 5.60. The summed E-state index contributed by atoms with van der Waals surface area (Å²) in [6.45, 7) is 2.46. The third-order valence-corrected chi connectivity index (χ3v) is 3.62. The van der Waals surface area contributed by atoms with Crippen molar-refractivity contribution < 1.29 is 19.0 Å². The van der Waals surface area contributed by atoms with E-state index in [2.05, 4.69) is 10.6 Å². The highest BCUT2D eigenvalue weighted by atomic mass is 16.5. The lowest BCUT2D eigenvalue weighted by molar-refractivity contribution is 0.251. The van der Waals surface area contributed by atoms with E-state index in [-0.39, 0.29) is 6.03 Å². The van der Waals surface area contributed by atoms with Crippen molar-refractivity contribution in [3.05, 3.63) is 47.5 Å². The van der Waals surface area contributed by atoms with Crippen LogP contribution in [0.25, 0.3) is 0 Å². The Kier molecular flexibility index (Phi) is 5.89. The van der Waals surface area contributed by atoms with Gasteiger partial charge in [0.25, 0.3) is 0 Å². The van der Waals surface area contributed by atoms with Crippen LogP contribution in [0.1, 0.15) is 11.1 Å². The maximum absolute atomic E-state index is 12.1. The standard InChI is InChI=1S/C18H22N2O4/c1-12-7-5-6-8-13(12)11-19-18(21)20-14-9-15(22-2)17(24-4)16(10-14)23-3/h5-10H,11H2,1-4H3,(H2,19,20,21). The van der Waals surface area contributed by atoms with Gasteiger partial charge < -0.3 is 24.8 Å². The van der Waals surface area contributed by atoms with Gasteiger partial charge >= 0.3 is 6.03 Å². The Morgan fingerprint density at radius 3 is 2.17 bits per heavy atom. The van der Waals surface area contributed by atoms with Gasteiger partial charge in [-0.25, -0.2) is 4.79 Å². The minimum Gasteiger partial charge on any atom is -0.493 e. The molecule has 0 fully saturated rings. The Balaban J connectivity index is 2.07. The molecule has 2 N–H and O–H groups in total. The molecule has 0 saturated carbocycles. The molecule has 2 aromatic rings. The SMILES string of the molecule is COc1cc(NC(=O)NCc2ccccc2C)cc(OC)c1OC. The van der Waals surface area contributed by atoms with Gasteiger partial charge in [-0.05, 0) is 18.1 Å². The van der Waals surface area contributed by atoms with Crippen molar-refractivity contribution in [1.29, 1.82) is 0 Å². The molecular formula is C18H22N2O4. The second-order valence-corrected chi connectivity index (χ2v) is 5.15. The summed E-state index contributed by atoms with van der Waals surface area (Å²) < 4.78 is 15.8. The summed E-state index contributed by atoms with van der Waals surface area (Å²) in [6.07, 6.45) is 0. The highest BCUT2D eigenvalue weighted by Gasteiger charge is 2.14. The third kappa shape index (κ3) is 4.10. The van der Waals surface area contributed by atoms with E-state index in [1.54, 1.807) is 12.1 Å². The van der Waals surface area contributed by atoms with Gasteiger partial charge in [0.2, 0.25) is 5.75 Å². The summed E-state index contributed by atoms with van der Waals surface area (Å²) in [5.74, 6) is 1.43. The van der Waals surface area contributed by atoms with Crippen LogP contribution in [0.4, 0.5) is 10.5 Å². The molecule has 24 heavy (non-hydrogen) atoms. The van der Waals surface area contributed by atoms with Gasteiger partial charge in [0.15, 0.2) is 11.5 Å². The topological polar surface area (TPSA) is 68.8 Å². The fourth-order valence-electron chi connectivity index (χ4n) is 2.31. The van der Waals surface area contributed by atoms with Gasteiger partial charge in [0, 0.05) is 18.7 Å². The van der Waals surface area contributed by atoms with Crippen LogP contribution >= 0.6 is 0 Å². The number of rotatable bonds is 6. The molecule has 0 heterocycles. The van der Waals surface area contributed by atoms with Gasteiger partial charge in [0.05, 0.1) is 27.0 Å². The average Bonchev–Trinajstić information content (AvgIpc) is 2.60. The van der Waals surface area contributed by atoms with Crippen LogP contribution in [0.3, 0.4) is 0 Å². The Labute approximate surface area is 141 Å². The molecule has 0 radical (unpaired) electrons. The number of hydrogen-bond donors (Lipinski definition) is 2. The van der Waals surface area contributed by atoms with E-state index in [0.29, 0.717) is 29.5 Å². The number of aryl methyl sites for hydroxylation is 1. The first-order valence-electron chi connectivity index (χ1n) is 7.48. The average molecular weight is 330 g/mol. The summed E-state index contributed by atoms with van der Waals surface area (Å²) in [7, 11) is 4.58. The molecular weight excluding hydrogens is 308 g/mol. The van der Waals surface area contributed by atoms with E-state index in [0.717, 1.165) is 11.1 Å². The molecule has 0 unspecified atom stereocenters. The maximum atomic E-state index is 12.1. The molecule has 0 saturated heterocycles. The fourth-order valence-corrected chi connectivity index (χ4v) is 2.31. The van der Waals surface area contributed by atoms with E-state index >= 15 is 0 Å². The van der Waals surface area contributed by atoms with E-state index in [4.69, 9.17) is 14.2 Å².